The lowest BCUT2D eigenvalue weighted by Crippen LogP contribution is -2.39. The van der Waals surface area contributed by atoms with Gasteiger partial charge in [0.1, 0.15) is 12.4 Å². The summed E-state index contributed by atoms with van der Waals surface area (Å²) in [7, 11) is 0. The molecule has 1 N–H and O–H groups in total. The first-order chi connectivity index (χ1) is 11.8. The molecule has 3 nitrogen and oxygen atoms in total. The molecule has 1 amide bonds. The summed E-state index contributed by atoms with van der Waals surface area (Å²) in [5, 5.41) is 2.85. The van der Waals surface area contributed by atoms with E-state index in [-0.39, 0.29) is 24.3 Å². The average Bonchev–Trinajstić information content (AvgIpc) is 2.58. The lowest BCUT2D eigenvalue weighted by atomic mass is 10.1. The van der Waals surface area contributed by atoms with E-state index in [2.05, 4.69) is 27.9 Å². The van der Waals surface area contributed by atoms with Crippen LogP contribution in [0.2, 0.25) is 0 Å². The molecule has 0 radical (unpaired) electrons. The van der Waals surface area contributed by atoms with Crippen molar-refractivity contribution in [2.24, 2.45) is 0 Å². The number of ether oxygens (including phenoxy) is 1. The van der Waals surface area contributed by atoms with Crippen LogP contribution in [-0.4, -0.2) is 18.6 Å². The molecule has 2 rings (SSSR count). The van der Waals surface area contributed by atoms with Crippen molar-refractivity contribution in [3.05, 3.63) is 63.2 Å². The zero-order valence-electron chi connectivity index (χ0n) is 13.4. The van der Waals surface area contributed by atoms with E-state index < -0.39 is 11.7 Å². The molecule has 0 saturated carbocycles. The molecule has 1 unspecified atom stereocenters. The molecule has 7 heteroatoms. The maximum Gasteiger partial charge on any atom is 0.416 e. The van der Waals surface area contributed by atoms with Gasteiger partial charge in [0.15, 0.2) is 0 Å². The van der Waals surface area contributed by atoms with Crippen molar-refractivity contribution in [2.45, 2.75) is 25.6 Å². The number of hydrogen-bond donors (Lipinski definition) is 1. The quantitative estimate of drug-likeness (QED) is 0.620. The van der Waals surface area contributed by atoms with Crippen molar-refractivity contribution in [1.29, 1.82) is 0 Å². The van der Waals surface area contributed by atoms with Crippen molar-refractivity contribution in [3.63, 3.8) is 0 Å². The predicted octanol–water partition coefficient (Wildman–Crippen LogP) is 4.90. The summed E-state index contributed by atoms with van der Waals surface area (Å²) in [6.07, 6.45) is -3.82. The first kappa shape index (κ1) is 19.6. The van der Waals surface area contributed by atoms with Crippen LogP contribution in [-0.2, 0) is 6.18 Å². The molecular weight excluding hydrogens is 446 g/mol. The van der Waals surface area contributed by atoms with E-state index in [0.717, 1.165) is 15.7 Å². The predicted molar refractivity (Wildman–Crippen MR) is 97.6 cm³/mol. The Kier molecular flexibility index (Phi) is 6.69. The van der Waals surface area contributed by atoms with Crippen LogP contribution in [0.4, 0.5) is 13.2 Å². The molecule has 0 heterocycles. The van der Waals surface area contributed by atoms with Gasteiger partial charge in [0.05, 0.1) is 17.2 Å². The van der Waals surface area contributed by atoms with Crippen LogP contribution in [0.1, 0.15) is 29.3 Å². The molecule has 0 bridgehead atoms. The van der Waals surface area contributed by atoms with Crippen LogP contribution in [0.15, 0.2) is 48.5 Å². The molecule has 0 aromatic heterocycles. The van der Waals surface area contributed by atoms with Gasteiger partial charge >= 0.3 is 6.18 Å². The second-order valence-electron chi connectivity index (χ2n) is 5.40. The van der Waals surface area contributed by atoms with Crippen molar-refractivity contribution in [3.8, 4) is 5.75 Å². The van der Waals surface area contributed by atoms with Gasteiger partial charge in [-0.1, -0.05) is 25.1 Å². The number of rotatable bonds is 6. The molecular formula is C18H17F3INO2. The molecule has 25 heavy (non-hydrogen) atoms. The summed E-state index contributed by atoms with van der Waals surface area (Å²) in [5.41, 5.74) is -0.207. The zero-order chi connectivity index (χ0) is 18.4. The van der Waals surface area contributed by atoms with E-state index in [9.17, 15) is 18.0 Å². The van der Waals surface area contributed by atoms with Crippen LogP contribution in [0.3, 0.4) is 0 Å². The summed E-state index contributed by atoms with van der Waals surface area (Å²) in [6, 6.07) is 11.6. The Morgan fingerprint density at radius 3 is 2.56 bits per heavy atom. The molecule has 0 fully saturated rings. The minimum absolute atomic E-state index is 0.0902. The third-order valence-corrected chi connectivity index (χ3v) is 4.50. The fraction of sp³-hybridized carbons (Fsp3) is 0.278. The van der Waals surface area contributed by atoms with Gasteiger partial charge in [0.25, 0.3) is 5.91 Å². The van der Waals surface area contributed by atoms with Crippen LogP contribution >= 0.6 is 22.6 Å². The fourth-order valence-corrected chi connectivity index (χ4v) is 2.76. The molecule has 2 aromatic rings. The number of amides is 1. The Morgan fingerprint density at radius 1 is 1.20 bits per heavy atom. The first-order valence-electron chi connectivity index (χ1n) is 7.66. The van der Waals surface area contributed by atoms with Crippen LogP contribution in [0, 0.1) is 3.57 Å². The minimum atomic E-state index is -4.41. The molecule has 134 valence electrons. The number of benzene rings is 2. The molecule has 0 aliphatic carbocycles. The number of halogens is 4. The SMILES string of the molecule is CCC(COc1cccc(C(F)(F)F)c1)NC(=O)c1ccccc1I. The summed E-state index contributed by atoms with van der Waals surface area (Å²) in [6.45, 7) is 1.96. The summed E-state index contributed by atoms with van der Waals surface area (Å²) in [5.74, 6) is -0.110. The second kappa shape index (κ2) is 8.55. The largest absolute Gasteiger partial charge is 0.491 e. The normalized spacial score (nSPS) is 12.5. The van der Waals surface area contributed by atoms with Gasteiger partial charge < -0.3 is 10.1 Å². The molecule has 0 aliphatic rings. The third kappa shape index (κ3) is 5.62. The Balaban J connectivity index is 1.99. The van der Waals surface area contributed by atoms with Crippen molar-refractivity contribution < 1.29 is 22.7 Å². The lowest BCUT2D eigenvalue weighted by Gasteiger charge is -2.18. The number of carbonyl (C=O) groups excluding carboxylic acids is 1. The summed E-state index contributed by atoms with van der Waals surface area (Å²) < 4.78 is 44.4. The van der Waals surface area contributed by atoms with E-state index in [0.29, 0.717) is 12.0 Å². The van der Waals surface area contributed by atoms with Crippen molar-refractivity contribution in [1.82, 2.24) is 5.32 Å². The van der Waals surface area contributed by atoms with E-state index in [1.165, 1.54) is 12.1 Å². The van der Waals surface area contributed by atoms with Gasteiger partial charge in [0, 0.05) is 3.57 Å². The molecule has 2 aromatic carbocycles. The van der Waals surface area contributed by atoms with Gasteiger partial charge in [-0.25, -0.2) is 0 Å². The summed E-state index contributed by atoms with van der Waals surface area (Å²) in [4.78, 5) is 12.3. The van der Waals surface area contributed by atoms with E-state index >= 15 is 0 Å². The number of nitrogens with one attached hydrogen (secondary N) is 1. The maximum absolute atomic E-state index is 12.7. The van der Waals surface area contributed by atoms with Crippen molar-refractivity contribution >= 4 is 28.5 Å². The van der Waals surface area contributed by atoms with Gasteiger partial charge in [0.2, 0.25) is 0 Å². The Morgan fingerprint density at radius 2 is 1.92 bits per heavy atom. The third-order valence-electron chi connectivity index (χ3n) is 3.56. The summed E-state index contributed by atoms with van der Waals surface area (Å²) >= 11 is 2.08. The number of alkyl halides is 3. The van der Waals surface area contributed by atoms with Crippen LogP contribution in [0.25, 0.3) is 0 Å². The highest BCUT2D eigenvalue weighted by Gasteiger charge is 2.30. The van der Waals surface area contributed by atoms with Crippen molar-refractivity contribution in [2.75, 3.05) is 6.61 Å². The van der Waals surface area contributed by atoms with E-state index in [1.54, 1.807) is 12.1 Å². The average molecular weight is 463 g/mol. The smallest absolute Gasteiger partial charge is 0.416 e. The van der Waals surface area contributed by atoms with Gasteiger partial charge in [-0.05, 0) is 59.3 Å². The molecule has 0 spiro atoms. The van der Waals surface area contributed by atoms with Crippen LogP contribution in [0.5, 0.6) is 5.75 Å². The van der Waals surface area contributed by atoms with E-state index in [4.69, 9.17) is 4.74 Å². The second-order valence-corrected chi connectivity index (χ2v) is 6.56. The van der Waals surface area contributed by atoms with Gasteiger partial charge in [-0.15, -0.1) is 0 Å². The highest BCUT2D eigenvalue weighted by molar-refractivity contribution is 14.1. The standard InChI is InChI=1S/C18H17F3INO2/c1-2-13(23-17(24)15-8-3-4-9-16(15)22)11-25-14-7-5-6-12(10-14)18(19,20)21/h3-10,13H,2,11H2,1H3,(H,23,24). The highest BCUT2D eigenvalue weighted by atomic mass is 127. The maximum atomic E-state index is 12.7. The molecule has 0 aliphatic heterocycles. The minimum Gasteiger partial charge on any atom is -0.491 e. The highest BCUT2D eigenvalue weighted by Crippen LogP contribution is 2.31. The monoisotopic (exact) mass is 463 g/mol. The molecule has 1 atom stereocenters. The number of hydrogen-bond acceptors (Lipinski definition) is 2. The Bertz CT molecular complexity index is 734. The Labute approximate surface area is 157 Å². The van der Waals surface area contributed by atoms with Gasteiger partial charge in [-0.3, -0.25) is 4.79 Å². The Hall–Kier alpha value is -1.77. The first-order valence-corrected chi connectivity index (χ1v) is 8.74. The molecule has 0 saturated heterocycles. The fourth-order valence-electron chi connectivity index (χ4n) is 2.13. The topological polar surface area (TPSA) is 38.3 Å². The van der Waals surface area contributed by atoms with Crippen LogP contribution < -0.4 is 10.1 Å². The van der Waals surface area contributed by atoms with E-state index in [1.807, 2.05) is 19.1 Å². The number of carbonyl (C=O) groups is 1. The zero-order valence-corrected chi connectivity index (χ0v) is 15.6. The lowest BCUT2D eigenvalue weighted by molar-refractivity contribution is -0.137. The van der Waals surface area contributed by atoms with Gasteiger partial charge in [-0.2, -0.15) is 13.2 Å².